The van der Waals surface area contributed by atoms with Crippen molar-refractivity contribution in [3.63, 3.8) is 0 Å². The number of hydrogen-bond acceptors (Lipinski definition) is 3. The molecular formula is C11H16N2O2. The van der Waals surface area contributed by atoms with Crippen LogP contribution in [0.15, 0.2) is 30.3 Å². The Balaban J connectivity index is 2.55. The minimum Gasteiger partial charge on any atom is -0.480 e. The molecule has 0 saturated carbocycles. The van der Waals surface area contributed by atoms with E-state index < -0.39 is 12.0 Å². The predicted molar refractivity (Wildman–Crippen MR) is 58.6 cm³/mol. The molecule has 1 aromatic carbocycles. The highest BCUT2D eigenvalue weighted by Gasteiger charge is 2.16. The zero-order valence-corrected chi connectivity index (χ0v) is 8.52. The van der Waals surface area contributed by atoms with Gasteiger partial charge in [-0.25, -0.2) is 0 Å². The van der Waals surface area contributed by atoms with Gasteiger partial charge in [0, 0.05) is 13.1 Å². The molecule has 0 spiro atoms. The van der Waals surface area contributed by atoms with Crippen molar-refractivity contribution < 1.29 is 9.90 Å². The zero-order valence-electron chi connectivity index (χ0n) is 8.52. The Bertz CT molecular complexity index is 301. The molecule has 0 heterocycles. The van der Waals surface area contributed by atoms with Crippen LogP contribution in [0.1, 0.15) is 5.56 Å². The van der Waals surface area contributed by atoms with Gasteiger partial charge < -0.3 is 16.2 Å². The lowest BCUT2D eigenvalue weighted by atomic mass is 10.1. The molecule has 1 rings (SSSR count). The van der Waals surface area contributed by atoms with Crippen molar-refractivity contribution in [1.29, 1.82) is 0 Å². The maximum Gasteiger partial charge on any atom is 0.321 e. The van der Waals surface area contributed by atoms with Crippen LogP contribution in [0, 0.1) is 0 Å². The van der Waals surface area contributed by atoms with Crippen LogP contribution in [0.4, 0.5) is 0 Å². The smallest absolute Gasteiger partial charge is 0.321 e. The van der Waals surface area contributed by atoms with E-state index in [2.05, 4.69) is 5.32 Å². The first kappa shape index (κ1) is 11.7. The van der Waals surface area contributed by atoms with E-state index in [9.17, 15) is 4.79 Å². The predicted octanol–water partition coefficient (Wildman–Crippen LogP) is 0.231. The monoisotopic (exact) mass is 208 g/mol. The van der Waals surface area contributed by atoms with Crippen LogP contribution in [-0.2, 0) is 11.2 Å². The summed E-state index contributed by atoms with van der Waals surface area (Å²) in [5.41, 5.74) is 6.32. The van der Waals surface area contributed by atoms with E-state index in [1.807, 2.05) is 30.3 Å². The summed E-state index contributed by atoms with van der Waals surface area (Å²) < 4.78 is 0. The van der Waals surface area contributed by atoms with Crippen LogP contribution >= 0.6 is 0 Å². The summed E-state index contributed by atoms with van der Waals surface area (Å²) in [6, 6.07) is 8.98. The third-order valence-electron chi connectivity index (χ3n) is 2.12. The van der Waals surface area contributed by atoms with Gasteiger partial charge in [-0.3, -0.25) is 4.79 Å². The van der Waals surface area contributed by atoms with Gasteiger partial charge in [0.25, 0.3) is 0 Å². The van der Waals surface area contributed by atoms with E-state index in [1.165, 1.54) is 0 Å². The highest BCUT2D eigenvalue weighted by atomic mass is 16.4. The van der Waals surface area contributed by atoms with Gasteiger partial charge in [-0.15, -0.1) is 0 Å². The zero-order chi connectivity index (χ0) is 11.1. The standard InChI is InChI=1S/C11H16N2O2/c12-6-7-13-10(11(14)15)8-9-4-2-1-3-5-9/h1-5,10,13H,6-8,12H2,(H,14,15)/t10-/m1/s1. The van der Waals surface area contributed by atoms with Crippen LogP contribution < -0.4 is 11.1 Å². The molecule has 0 saturated heterocycles. The number of aliphatic carboxylic acids is 1. The Kier molecular flexibility index (Phi) is 4.80. The van der Waals surface area contributed by atoms with Crippen LogP contribution in [0.2, 0.25) is 0 Å². The fourth-order valence-electron chi connectivity index (χ4n) is 1.35. The van der Waals surface area contributed by atoms with Gasteiger partial charge in [0.05, 0.1) is 0 Å². The van der Waals surface area contributed by atoms with Gasteiger partial charge in [-0.2, -0.15) is 0 Å². The SMILES string of the molecule is NCCN[C@H](Cc1ccccc1)C(=O)O. The largest absolute Gasteiger partial charge is 0.480 e. The first-order chi connectivity index (χ1) is 7.24. The van der Waals surface area contributed by atoms with Crippen LogP contribution in [0.5, 0.6) is 0 Å². The molecule has 0 fully saturated rings. The number of rotatable bonds is 6. The molecule has 0 aliphatic rings. The molecule has 0 aliphatic heterocycles. The van der Waals surface area contributed by atoms with Gasteiger partial charge in [0.1, 0.15) is 6.04 Å². The van der Waals surface area contributed by atoms with Crippen molar-refractivity contribution in [3.8, 4) is 0 Å². The quantitative estimate of drug-likeness (QED) is 0.625. The van der Waals surface area contributed by atoms with E-state index in [0.717, 1.165) is 5.56 Å². The highest BCUT2D eigenvalue weighted by Crippen LogP contribution is 2.03. The molecule has 0 aromatic heterocycles. The topological polar surface area (TPSA) is 75.3 Å². The lowest BCUT2D eigenvalue weighted by molar-refractivity contribution is -0.139. The van der Waals surface area contributed by atoms with E-state index in [1.54, 1.807) is 0 Å². The molecule has 0 aliphatic carbocycles. The highest BCUT2D eigenvalue weighted by molar-refractivity contribution is 5.73. The number of carboxylic acid groups (broad SMARTS) is 1. The number of benzene rings is 1. The lowest BCUT2D eigenvalue weighted by Crippen LogP contribution is -2.40. The second-order valence-corrected chi connectivity index (χ2v) is 3.32. The first-order valence-electron chi connectivity index (χ1n) is 4.94. The second kappa shape index (κ2) is 6.16. The molecule has 0 unspecified atom stereocenters. The number of nitrogens with one attached hydrogen (secondary N) is 1. The third-order valence-corrected chi connectivity index (χ3v) is 2.12. The minimum absolute atomic E-state index is 0.443. The van der Waals surface area contributed by atoms with E-state index >= 15 is 0 Å². The summed E-state index contributed by atoms with van der Waals surface area (Å²) in [6.45, 7) is 0.961. The molecule has 0 bridgehead atoms. The fourth-order valence-corrected chi connectivity index (χ4v) is 1.35. The van der Waals surface area contributed by atoms with Crippen molar-refractivity contribution in [2.45, 2.75) is 12.5 Å². The molecule has 15 heavy (non-hydrogen) atoms. The van der Waals surface area contributed by atoms with Crippen molar-refractivity contribution in [3.05, 3.63) is 35.9 Å². The molecule has 0 radical (unpaired) electrons. The van der Waals surface area contributed by atoms with E-state index in [4.69, 9.17) is 10.8 Å². The molecule has 82 valence electrons. The Hall–Kier alpha value is -1.39. The number of nitrogens with two attached hydrogens (primary N) is 1. The first-order valence-corrected chi connectivity index (χ1v) is 4.94. The summed E-state index contributed by atoms with van der Waals surface area (Å²) in [5.74, 6) is -0.840. The van der Waals surface area contributed by atoms with Gasteiger partial charge >= 0.3 is 5.97 Å². The van der Waals surface area contributed by atoms with Gasteiger partial charge in [0.15, 0.2) is 0 Å². The number of hydrogen-bond donors (Lipinski definition) is 3. The maximum atomic E-state index is 10.9. The summed E-state index contributed by atoms with van der Waals surface area (Å²) in [6.07, 6.45) is 0.482. The number of carboxylic acids is 1. The fraction of sp³-hybridized carbons (Fsp3) is 0.364. The van der Waals surface area contributed by atoms with E-state index in [-0.39, 0.29) is 0 Å². The Morgan fingerprint density at radius 2 is 2.07 bits per heavy atom. The summed E-state index contributed by atoms with van der Waals surface area (Å²) in [4.78, 5) is 10.9. The molecule has 4 N–H and O–H groups in total. The van der Waals surface area contributed by atoms with Gasteiger partial charge in [-0.05, 0) is 12.0 Å². The van der Waals surface area contributed by atoms with Crippen molar-refractivity contribution in [1.82, 2.24) is 5.32 Å². The molecule has 0 amide bonds. The number of carbonyl (C=O) groups is 1. The average Bonchev–Trinajstić information content (AvgIpc) is 2.25. The Labute approximate surface area is 89.1 Å². The van der Waals surface area contributed by atoms with Gasteiger partial charge in [-0.1, -0.05) is 30.3 Å². The van der Waals surface area contributed by atoms with Crippen LogP contribution in [0.25, 0.3) is 0 Å². The van der Waals surface area contributed by atoms with Crippen LogP contribution in [-0.4, -0.2) is 30.2 Å². The third kappa shape index (κ3) is 4.10. The molecule has 1 atom stereocenters. The minimum atomic E-state index is -0.840. The maximum absolute atomic E-state index is 10.9. The summed E-state index contributed by atoms with van der Waals surface area (Å²) >= 11 is 0. The molecule has 4 nitrogen and oxygen atoms in total. The molecular weight excluding hydrogens is 192 g/mol. The summed E-state index contributed by atoms with van der Waals surface area (Å²) in [5, 5.41) is 11.9. The van der Waals surface area contributed by atoms with Crippen molar-refractivity contribution in [2.24, 2.45) is 5.73 Å². The van der Waals surface area contributed by atoms with Crippen molar-refractivity contribution >= 4 is 5.97 Å². The second-order valence-electron chi connectivity index (χ2n) is 3.32. The van der Waals surface area contributed by atoms with Gasteiger partial charge in [0.2, 0.25) is 0 Å². The normalized spacial score (nSPS) is 12.3. The lowest BCUT2D eigenvalue weighted by Gasteiger charge is -2.13. The van der Waals surface area contributed by atoms with Crippen molar-refractivity contribution in [2.75, 3.05) is 13.1 Å². The Morgan fingerprint density at radius 1 is 1.40 bits per heavy atom. The molecule has 1 aromatic rings. The summed E-state index contributed by atoms with van der Waals surface area (Å²) in [7, 11) is 0. The Morgan fingerprint density at radius 3 is 2.60 bits per heavy atom. The van der Waals surface area contributed by atoms with Crippen LogP contribution in [0.3, 0.4) is 0 Å². The molecule has 4 heteroatoms. The average molecular weight is 208 g/mol. The van der Waals surface area contributed by atoms with E-state index in [0.29, 0.717) is 19.5 Å².